The van der Waals surface area contributed by atoms with Gasteiger partial charge >= 0.3 is 0 Å². The lowest BCUT2D eigenvalue weighted by Crippen LogP contribution is -2.55. The second-order valence-corrected chi connectivity index (χ2v) is 11.0. The third kappa shape index (κ3) is 8.52. The Morgan fingerprint density at radius 2 is 1.48 bits per heavy atom. The molecule has 0 fully saturated rings. The van der Waals surface area contributed by atoms with Crippen molar-refractivity contribution in [3.05, 3.63) is 96.1 Å². The molecule has 212 valence electrons. The van der Waals surface area contributed by atoms with Crippen LogP contribution in [0.3, 0.4) is 0 Å². The highest BCUT2D eigenvalue weighted by atomic mass is 16.2. The molecule has 0 saturated heterocycles. The molecule has 7 nitrogen and oxygen atoms in total. The molecule has 40 heavy (non-hydrogen) atoms. The Kier molecular flexibility index (Phi) is 10.6. The van der Waals surface area contributed by atoms with Crippen LogP contribution in [-0.2, 0) is 27.2 Å². The van der Waals surface area contributed by atoms with Crippen LogP contribution in [0.2, 0.25) is 0 Å². The molecule has 0 spiro atoms. The molecule has 3 aromatic carbocycles. The predicted octanol–water partition coefficient (Wildman–Crippen LogP) is 4.10. The normalized spacial score (nSPS) is 13.2. The minimum Gasteiger partial charge on any atom is -0.355 e. The molecular formula is C33H42N4O3. The summed E-state index contributed by atoms with van der Waals surface area (Å²) in [6, 6.07) is 22.2. The number of nitrogens with one attached hydrogen (secondary N) is 1. The van der Waals surface area contributed by atoms with E-state index in [4.69, 9.17) is 5.73 Å². The van der Waals surface area contributed by atoms with Crippen LogP contribution in [0.15, 0.2) is 84.9 Å². The first-order valence-corrected chi connectivity index (χ1v) is 13.8. The van der Waals surface area contributed by atoms with E-state index in [2.05, 4.69) is 5.32 Å². The Morgan fingerprint density at radius 3 is 2.12 bits per heavy atom. The fourth-order valence-corrected chi connectivity index (χ4v) is 4.64. The van der Waals surface area contributed by atoms with Crippen molar-refractivity contribution in [1.29, 1.82) is 0 Å². The van der Waals surface area contributed by atoms with Gasteiger partial charge in [0.15, 0.2) is 0 Å². The highest BCUT2D eigenvalue weighted by Gasteiger charge is 2.34. The van der Waals surface area contributed by atoms with Crippen LogP contribution in [-0.4, -0.2) is 65.8 Å². The Bertz CT molecular complexity index is 1330. The molecule has 0 radical (unpaired) electrons. The van der Waals surface area contributed by atoms with Crippen LogP contribution in [0.4, 0.5) is 0 Å². The summed E-state index contributed by atoms with van der Waals surface area (Å²) >= 11 is 0. The molecular weight excluding hydrogens is 500 g/mol. The Labute approximate surface area is 238 Å². The SMILES string of the molecule is CCNC(=O)[C@@H](Cc1ccccc1)N(C)C(=O)[C@@H](Cc1ccc2ccccc2c1)N(C)C(=O)C=CCC(C)(C)N. The zero-order chi connectivity index (χ0) is 29.3. The molecule has 0 bridgehead atoms. The van der Waals surface area contributed by atoms with Gasteiger partial charge in [-0.25, -0.2) is 0 Å². The molecule has 0 aliphatic carbocycles. The number of fused-ring (bicyclic) bond motifs is 1. The lowest BCUT2D eigenvalue weighted by atomic mass is 9.98. The van der Waals surface area contributed by atoms with Crippen LogP contribution in [0.1, 0.15) is 38.3 Å². The van der Waals surface area contributed by atoms with Gasteiger partial charge in [-0.2, -0.15) is 0 Å². The fraction of sp³-hybridized carbons (Fsp3) is 0.364. The summed E-state index contributed by atoms with van der Waals surface area (Å²) in [7, 11) is 3.28. The van der Waals surface area contributed by atoms with E-state index in [1.54, 1.807) is 20.2 Å². The van der Waals surface area contributed by atoms with E-state index in [9.17, 15) is 14.4 Å². The van der Waals surface area contributed by atoms with Gasteiger partial charge in [-0.05, 0) is 55.2 Å². The summed E-state index contributed by atoms with van der Waals surface area (Å²) in [5, 5.41) is 5.03. The summed E-state index contributed by atoms with van der Waals surface area (Å²) in [6.07, 6.45) is 4.40. The van der Waals surface area contributed by atoms with Crippen LogP contribution < -0.4 is 11.1 Å². The van der Waals surface area contributed by atoms with Gasteiger partial charge in [-0.1, -0.05) is 78.9 Å². The molecule has 0 aromatic heterocycles. The number of benzene rings is 3. The largest absolute Gasteiger partial charge is 0.355 e. The third-order valence-corrected chi connectivity index (χ3v) is 6.99. The smallest absolute Gasteiger partial charge is 0.246 e. The maximum atomic E-state index is 14.1. The number of amides is 3. The van der Waals surface area contributed by atoms with Crippen molar-refractivity contribution in [2.24, 2.45) is 5.73 Å². The second-order valence-electron chi connectivity index (χ2n) is 11.0. The maximum Gasteiger partial charge on any atom is 0.246 e. The van der Waals surface area contributed by atoms with Gasteiger partial charge in [0.25, 0.3) is 0 Å². The van der Waals surface area contributed by atoms with Gasteiger partial charge in [0.1, 0.15) is 12.1 Å². The Hall–Kier alpha value is -3.97. The lowest BCUT2D eigenvalue weighted by molar-refractivity contribution is -0.146. The quantitative estimate of drug-likeness (QED) is 0.337. The highest BCUT2D eigenvalue weighted by Crippen LogP contribution is 2.20. The summed E-state index contributed by atoms with van der Waals surface area (Å²) in [5.74, 6) is -0.830. The minimum atomic E-state index is -0.818. The maximum absolute atomic E-state index is 14.1. The van der Waals surface area contributed by atoms with Gasteiger partial charge in [-0.3, -0.25) is 14.4 Å². The molecule has 0 aliphatic heterocycles. The van der Waals surface area contributed by atoms with E-state index in [0.29, 0.717) is 25.8 Å². The highest BCUT2D eigenvalue weighted by molar-refractivity contribution is 5.95. The number of carbonyl (C=O) groups is 3. The minimum absolute atomic E-state index is 0.231. The van der Waals surface area contributed by atoms with Gasteiger partial charge in [-0.15, -0.1) is 0 Å². The first-order valence-electron chi connectivity index (χ1n) is 13.8. The van der Waals surface area contributed by atoms with Crippen molar-refractivity contribution in [1.82, 2.24) is 15.1 Å². The molecule has 7 heteroatoms. The number of carbonyl (C=O) groups excluding carboxylic acids is 3. The number of hydrogen-bond acceptors (Lipinski definition) is 4. The lowest BCUT2D eigenvalue weighted by Gasteiger charge is -2.34. The zero-order valence-corrected chi connectivity index (χ0v) is 24.3. The molecule has 3 rings (SSSR count). The molecule has 3 aromatic rings. The van der Waals surface area contributed by atoms with Crippen molar-refractivity contribution in [2.45, 2.75) is 57.7 Å². The summed E-state index contributed by atoms with van der Waals surface area (Å²) in [6.45, 7) is 6.08. The fourth-order valence-electron chi connectivity index (χ4n) is 4.64. The average Bonchev–Trinajstić information content (AvgIpc) is 2.93. The zero-order valence-electron chi connectivity index (χ0n) is 24.3. The standard InChI is InChI=1S/C33H42N4O3/c1-6-35-31(39)28(22-24-13-8-7-9-14-24)37(5)32(40)29(36(4)30(38)17-12-20-33(2,3)34)23-25-18-19-26-15-10-11-16-27(26)21-25/h7-19,21,28-29H,6,20,22-23,34H2,1-5H3,(H,35,39)/t28-,29-/m1/s1. The van der Waals surface area contributed by atoms with E-state index in [1.807, 2.05) is 93.6 Å². The third-order valence-electron chi connectivity index (χ3n) is 6.99. The second kappa shape index (κ2) is 13.9. The van der Waals surface area contributed by atoms with E-state index in [-0.39, 0.29) is 17.7 Å². The molecule has 0 saturated carbocycles. The summed E-state index contributed by atoms with van der Waals surface area (Å²) < 4.78 is 0. The van der Waals surface area contributed by atoms with Crippen molar-refractivity contribution in [3.8, 4) is 0 Å². The van der Waals surface area contributed by atoms with Gasteiger partial charge in [0, 0.05) is 39.0 Å². The molecule has 3 amide bonds. The van der Waals surface area contributed by atoms with Crippen molar-refractivity contribution in [3.63, 3.8) is 0 Å². The molecule has 0 aliphatic rings. The Morgan fingerprint density at radius 1 is 0.850 bits per heavy atom. The average molecular weight is 543 g/mol. The molecule has 3 N–H and O–H groups in total. The number of hydrogen-bond donors (Lipinski definition) is 2. The topological polar surface area (TPSA) is 95.7 Å². The van der Waals surface area contributed by atoms with Crippen molar-refractivity contribution < 1.29 is 14.4 Å². The van der Waals surface area contributed by atoms with Crippen LogP contribution in [0.5, 0.6) is 0 Å². The van der Waals surface area contributed by atoms with Crippen LogP contribution in [0.25, 0.3) is 10.8 Å². The first kappa shape index (κ1) is 30.6. The van der Waals surface area contributed by atoms with E-state index in [0.717, 1.165) is 21.9 Å². The predicted molar refractivity (Wildman–Crippen MR) is 162 cm³/mol. The first-order chi connectivity index (χ1) is 19.0. The van der Waals surface area contributed by atoms with E-state index in [1.165, 1.54) is 15.9 Å². The number of nitrogens with two attached hydrogens (primary N) is 1. The van der Waals surface area contributed by atoms with Crippen LogP contribution >= 0.6 is 0 Å². The molecule has 2 atom stereocenters. The van der Waals surface area contributed by atoms with Gasteiger partial charge in [0.05, 0.1) is 0 Å². The number of nitrogens with zero attached hydrogens (tertiary/aromatic N) is 2. The van der Waals surface area contributed by atoms with Crippen molar-refractivity contribution in [2.75, 3.05) is 20.6 Å². The molecule has 0 unspecified atom stereocenters. The van der Waals surface area contributed by atoms with Crippen LogP contribution in [0, 0.1) is 0 Å². The van der Waals surface area contributed by atoms with Gasteiger partial charge in [0.2, 0.25) is 17.7 Å². The Balaban J connectivity index is 1.94. The van der Waals surface area contributed by atoms with Crippen molar-refractivity contribution >= 4 is 28.5 Å². The monoisotopic (exact) mass is 542 g/mol. The number of likely N-dealkylation sites (N-methyl/N-ethyl adjacent to an activating group) is 3. The van der Waals surface area contributed by atoms with E-state index >= 15 is 0 Å². The van der Waals surface area contributed by atoms with E-state index < -0.39 is 17.6 Å². The summed E-state index contributed by atoms with van der Waals surface area (Å²) in [5.41, 5.74) is 7.49. The summed E-state index contributed by atoms with van der Waals surface area (Å²) in [4.78, 5) is 43.5. The number of rotatable bonds is 12. The van der Waals surface area contributed by atoms with Gasteiger partial charge < -0.3 is 20.9 Å². The molecule has 0 heterocycles.